The summed E-state index contributed by atoms with van der Waals surface area (Å²) in [4.78, 5) is 26.9. The molecule has 0 atom stereocenters. The minimum absolute atomic E-state index is 0.0357. The zero-order valence-electron chi connectivity index (χ0n) is 15.5. The highest BCUT2D eigenvalue weighted by Gasteiger charge is 2.26. The average molecular weight is 407 g/mol. The van der Waals surface area contributed by atoms with Crippen molar-refractivity contribution in [2.24, 2.45) is 7.05 Å². The summed E-state index contributed by atoms with van der Waals surface area (Å²) in [7, 11) is -0.662. The quantitative estimate of drug-likeness (QED) is 0.579. The molecule has 11 heteroatoms. The molecule has 1 aromatic heterocycles. The fourth-order valence-corrected chi connectivity index (χ4v) is 3.93. The Kier molecular flexibility index (Phi) is 5.38. The predicted molar refractivity (Wildman–Crippen MR) is 103 cm³/mol. The molecule has 1 amide bonds. The number of rotatable bonds is 5. The number of nitro groups is 1. The molecule has 1 N–H and O–H groups in total. The van der Waals surface area contributed by atoms with Crippen LogP contribution in [0.25, 0.3) is 0 Å². The summed E-state index contributed by atoms with van der Waals surface area (Å²) in [5.74, 6) is -0.233. The largest absolute Gasteiger partial charge is 0.368 e. The van der Waals surface area contributed by atoms with Crippen LogP contribution in [0.15, 0.2) is 41.4 Å². The van der Waals surface area contributed by atoms with Crippen molar-refractivity contribution in [2.75, 3.05) is 38.1 Å². The Morgan fingerprint density at radius 2 is 1.75 bits per heavy atom. The van der Waals surface area contributed by atoms with Gasteiger partial charge in [0.25, 0.3) is 11.6 Å². The topological polar surface area (TPSA) is 118 Å². The number of hydrogen-bond donors (Lipinski definition) is 1. The molecule has 0 radical (unpaired) electrons. The van der Waals surface area contributed by atoms with Crippen LogP contribution in [0.5, 0.6) is 0 Å². The number of hydrogen-bond acceptors (Lipinski definition) is 6. The molecule has 2 heterocycles. The predicted octanol–water partition coefficient (Wildman–Crippen LogP) is 0.804. The first-order valence-corrected chi connectivity index (χ1v) is 10.1. The molecule has 150 valence electrons. The Morgan fingerprint density at radius 1 is 1.14 bits per heavy atom. The Morgan fingerprint density at radius 3 is 2.29 bits per heavy atom. The number of nitrogens with one attached hydrogen (secondary N) is 1. The lowest BCUT2D eigenvalue weighted by atomic mass is 10.2. The number of nitrogens with zero attached hydrogens (tertiary/aromatic N) is 4. The van der Waals surface area contributed by atoms with Gasteiger partial charge in [0.1, 0.15) is 10.6 Å². The molecular weight excluding hydrogens is 386 g/mol. The smallest absolute Gasteiger partial charge is 0.270 e. The van der Waals surface area contributed by atoms with Crippen molar-refractivity contribution >= 4 is 27.3 Å². The van der Waals surface area contributed by atoms with Gasteiger partial charge in [-0.1, -0.05) is 0 Å². The van der Waals surface area contributed by atoms with E-state index < -0.39 is 14.9 Å². The third-order valence-corrected chi connectivity index (χ3v) is 6.15. The van der Waals surface area contributed by atoms with E-state index in [4.69, 9.17) is 0 Å². The van der Waals surface area contributed by atoms with Gasteiger partial charge in [0.15, 0.2) is 0 Å². The average Bonchev–Trinajstić information content (AvgIpc) is 3.10. The van der Waals surface area contributed by atoms with E-state index in [2.05, 4.69) is 9.62 Å². The maximum absolute atomic E-state index is 12.8. The van der Waals surface area contributed by atoms with Gasteiger partial charge in [-0.25, -0.2) is 13.1 Å². The Balaban J connectivity index is 1.68. The molecular formula is C17H21N5O5S. The first-order valence-electron chi connectivity index (χ1n) is 8.61. The van der Waals surface area contributed by atoms with Crippen LogP contribution in [0.4, 0.5) is 11.4 Å². The molecule has 2 aromatic rings. The van der Waals surface area contributed by atoms with E-state index in [1.807, 2.05) is 0 Å². The van der Waals surface area contributed by atoms with Crippen molar-refractivity contribution in [1.82, 2.24) is 14.2 Å². The lowest BCUT2D eigenvalue weighted by Crippen LogP contribution is -2.49. The Bertz CT molecular complexity index is 991. The van der Waals surface area contributed by atoms with Gasteiger partial charge < -0.3 is 14.4 Å². The molecule has 0 bridgehead atoms. The van der Waals surface area contributed by atoms with E-state index in [1.54, 1.807) is 24.1 Å². The molecule has 0 spiro atoms. The van der Waals surface area contributed by atoms with Crippen LogP contribution in [-0.4, -0.2) is 61.9 Å². The van der Waals surface area contributed by atoms with Crippen molar-refractivity contribution < 1.29 is 18.1 Å². The molecule has 1 aliphatic rings. The lowest BCUT2D eigenvalue weighted by molar-refractivity contribution is -0.384. The number of carbonyl (C=O) groups excluding carboxylic acids is 1. The van der Waals surface area contributed by atoms with Gasteiger partial charge in [-0.15, -0.1) is 0 Å². The molecule has 0 saturated carbocycles. The van der Waals surface area contributed by atoms with Gasteiger partial charge in [-0.3, -0.25) is 14.9 Å². The van der Waals surface area contributed by atoms with Gasteiger partial charge in [0, 0.05) is 57.2 Å². The van der Waals surface area contributed by atoms with E-state index in [1.165, 1.54) is 36.0 Å². The molecule has 0 unspecified atom stereocenters. The van der Waals surface area contributed by atoms with Crippen molar-refractivity contribution in [2.45, 2.75) is 4.90 Å². The number of non-ortho nitro benzene ring substituents is 1. The molecule has 28 heavy (non-hydrogen) atoms. The van der Waals surface area contributed by atoms with E-state index in [9.17, 15) is 23.3 Å². The lowest BCUT2D eigenvalue weighted by Gasteiger charge is -2.36. The monoisotopic (exact) mass is 407 g/mol. The molecule has 1 saturated heterocycles. The first-order chi connectivity index (χ1) is 13.2. The SMILES string of the molecule is CNS(=O)(=O)c1cc(C(=O)N2CCN(c3ccc([N+](=O)[O-])cc3)CC2)n(C)c1. The molecule has 3 rings (SSSR count). The van der Waals surface area contributed by atoms with Crippen molar-refractivity contribution in [3.63, 3.8) is 0 Å². The third-order valence-electron chi connectivity index (χ3n) is 4.77. The number of aryl methyl sites for hydroxylation is 1. The Hall–Kier alpha value is -2.92. The number of carbonyl (C=O) groups is 1. The summed E-state index contributed by atoms with van der Waals surface area (Å²) in [5, 5.41) is 10.8. The number of anilines is 1. The van der Waals surface area contributed by atoms with Crippen LogP contribution in [-0.2, 0) is 17.1 Å². The van der Waals surface area contributed by atoms with Gasteiger partial charge in [-0.05, 0) is 25.2 Å². The van der Waals surface area contributed by atoms with Crippen molar-refractivity contribution in [1.29, 1.82) is 0 Å². The minimum atomic E-state index is -3.62. The number of piperazine rings is 1. The van der Waals surface area contributed by atoms with Crippen LogP contribution >= 0.6 is 0 Å². The van der Waals surface area contributed by atoms with Crippen LogP contribution in [0, 0.1) is 10.1 Å². The maximum Gasteiger partial charge on any atom is 0.270 e. The summed E-state index contributed by atoms with van der Waals surface area (Å²) >= 11 is 0. The highest BCUT2D eigenvalue weighted by Crippen LogP contribution is 2.22. The van der Waals surface area contributed by atoms with Gasteiger partial charge in [0.05, 0.1) is 4.92 Å². The zero-order valence-corrected chi connectivity index (χ0v) is 16.3. The highest BCUT2D eigenvalue weighted by atomic mass is 32.2. The Labute approximate surface area is 162 Å². The summed E-state index contributed by atoms with van der Waals surface area (Å²) in [6.07, 6.45) is 1.41. The van der Waals surface area contributed by atoms with E-state index >= 15 is 0 Å². The van der Waals surface area contributed by atoms with Crippen LogP contribution < -0.4 is 9.62 Å². The van der Waals surface area contributed by atoms with Gasteiger partial charge in [-0.2, -0.15) is 0 Å². The maximum atomic E-state index is 12.8. The van der Waals surface area contributed by atoms with E-state index in [-0.39, 0.29) is 16.5 Å². The number of sulfonamides is 1. The summed E-state index contributed by atoms with van der Waals surface area (Å²) in [6, 6.07) is 7.68. The fourth-order valence-electron chi connectivity index (χ4n) is 3.13. The standard InChI is InChI=1S/C17H21N5O5S/c1-18-28(26,27)15-11-16(19(2)12-15)17(23)21-9-7-20(8-10-21)13-3-5-14(6-4-13)22(24)25/h3-6,11-12,18H,7-10H2,1-2H3. The summed E-state index contributed by atoms with van der Waals surface area (Å²) in [6.45, 7) is 2.09. The normalized spacial score (nSPS) is 14.9. The van der Waals surface area contributed by atoms with Gasteiger partial charge in [0.2, 0.25) is 10.0 Å². The molecule has 1 aliphatic heterocycles. The van der Waals surface area contributed by atoms with E-state index in [0.717, 1.165) is 5.69 Å². The second kappa shape index (κ2) is 7.60. The summed E-state index contributed by atoms with van der Waals surface area (Å²) < 4.78 is 27.6. The van der Waals surface area contributed by atoms with Crippen molar-refractivity contribution in [3.05, 3.63) is 52.3 Å². The molecule has 1 fully saturated rings. The highest BCUT2D eigenvalue weighted by molar-refractivity contribution is 7.89. The second-order valence-corrected chi connectivity index (χ2v) is 8.32. The number of amides is 1. The first kappa shape index (κ1) is 19.8. The minimum Gasteiger partial charge on any atom is -0.368 e. The molecule has 10 nitrogen and oxygen atoms in total. The fraction of sp³-hybridized carbons (Fsp3) is 0.353. The van der Waals surface area contributed by atoms with Crippen molar-refractivity contribution in [3.8, 4) is 0 Å². The molecule has 0 aliphatic carbocycles. The van der Waals surface area contributed by atoms with Crippen LogP contribution in [0.3, 0.4) is 0 Å². The number of nitro benzene ring substituents is 1. The molecule has 1 aromatic carbocycles. The summed E-state index contributed by atoms with van der Waals surface area (Å²) in [5.41, 5.74) is 1.20. The number of benzene rings is 1. The van der Waals surface area contributed by atoms with Crippen LogP contribution in [0.2, 0.25) is 0 Å². The number of aromatic nitrogens is 1. The van der Waals surface area contributed by atoms with Gasteiger partial charge >= 0.3 is 0 Å². The second-order valence-electron chi connectivity index (χ2n) is 6.43. The third kappa shape index (κ3) is 3.85. The van der Waals surface area contributed by atoms with E-state index in [0.29, 0.717) is 31.9 Å². The zero-order chi connectivity index (χ0) is 20.5. The van der Waals surface area contributed by atoms with Crippen LogP contribution in [0.1, 0.15) is 10.5 Å².